The Balaban J connectivity index is 2.49. The van der Waals surface area contributed by atoms with Crippen LogP contribution in [-0.4, -0.2) is 48.3 Å². The first-order chi connectivity index (χ1) is 10.5. The number of hydrazine groups is 1. The molecule has 1 aromatic carbocycles. The molecule has 22 heavy (non-hydrogen) atoms. The largest absolute Gasteiger partial charge is 0.385 e. The standard InChI is InChI=1S/C13H18N4O4S/c1-16(13(22)14-8-3-9-21-2)15-12(18)10-4-6-11(7-5-10)17(19)20/h4-7H,3,8-9H2,1-2H3,(H,14,22)(H,15,18). The van der Waals surface area contributed by atoms with E-state index in [1.165, 1.54) is 29.3 Å². The van der Waals surface area contributed by atoms with Gasteiger partial charge in [0, 0.05) is 45.0 Å². The molecule has 0 aliphatic carbocycles. The monoisotopic (exact) mass is 326 g/mol. The van der Waals surface area contributed by atoms with Gasteiger partial charge in [-0.15, -0.1) is 0 Å². The number of rotatable bonds is 6. The minimum absolute atomic E-state index is 0.0692. The zero-order valence-corrected chi connectivity index (χ0v) is 13.2. The third-order valence-corrected chi connectivity index (χ3v) is 3.13. The van der Waals surface area contributed by atoms with Crippen molar-refractivity contribution in [3.8, 4) is 0 Å². The molecule has 0 radical (unpaired) electrons. The zero-order chi connectivity index (χ0) is 16.5. The molecule has 0 atom stereocenters. The summed E-state index contributed by atoms with van der Waals surface area (Å²) in [5.74, 6) is -0.404. The number of amides is 1. The number of benzene rings is 1. The first-order valence-electron chi connectivity index (χ1n) is 6.51. The summed E-state index contributed by atoms with van der Waals surface area (Å²) in [6.07, 6.45) is 0.792. The summed E-state index contributed by atoms with van der Waals surface area (Å²) in [6.45, 7) is 1.25. The van der Waals surface area contributed by atoms with Gasteiger partial charge in [0.1, 0.15) is 0 Å². The number of nitro groups is 1. The molecular weight excluding hydrogens is 308 g/mol. The second-order valence-electron chi connectivity index (χ2n) is 4.38. The first-order valence-corrected chi connectivity index (χ1v) is 6.92. The lowest BCUT2D eigenvalue weighted by Crippen LogP contribution is -2.48. The molecular formula is C13H18N4O4S. The van der Waals surface area contributed by atoms with Crippen molar-refractivity contribution in [3.05, 3.63) is 39.9 Å². The second-order valence-corrected chi connectivity index (χ2v) is 4.77. The smallest absolute Gasteiger partial charge is 0.269 e. The van der Waals surface area contributed by atoms with Crippen LogP contribution in [-0.2, 0) is 4.74 Å². The molecule has 0 unspecified atom stereocenters. The summed E-state index contributed by atoms with van der Waals surface area (Å²) in [4.78, 5) is 22.0. The van der Waals surface area contributed by atoms with Crippen LogP contribution in [0.2, 0.25) is 0 Å². The third kappa shape index (κ3) is 5.62. The fourth-order valence-corrected chi connectivity index (χ4v) is 1.68. The second kappa shape index (κ2) is 8.90. The Bertz CT molecular complexity index is 535. The Morgan fingerprint density at radius 3 is 2.59 bits per heavy atom. The summed E-state index contributed by atoms with van der Waals surface area (Å²) in [7, 11) is 3.23. The number of methoxy groups -OCH3 is 1. The van der Waals surface area contributed by atoms with Crippen molar-refractivity contribution in [2.45, 2.75) is 6.42 Å². The number of carbonyl (C=O) groups excluding carboxylic acids is 1. The lowest BCUT2D eigenvalue weighted by molar-refractivity contribution is -0.384. The van der Waals surface area contributed by atoms with Gasteiger partial charge in [0.2, 0.25) is 0 Å². The normalized spacial score (nSPS) is 9.91. The van der Waals surface area contributed by atoms with Gasteiger partial charge in [-0.05, 0) is 30.8 Å². The number of carbonyl (C=O) groups is 1. The molecule has 1 aromatic rings. The van der Waals surface area contributed by atoms with Crippen LogP contribution >= 0.6 is 12.2 Å². The van der Waals surface area contributed by atoms with E-state index in [1.807, 2.05) is 0 Å². The number of hydrogen-bond acceptors (Lipinski definition) is 5. The average Bonchev–Trinajstić information content (AvgIpc) is 2.51. The van der Waals surface area contributed by atoms with Crippen molar-refractivity contribution in [2.75, 3.05) is 27.3 Å². The van der Waals surface area contributed by atoms with Gasteiger partial charge in [-0.3, -0.25) is 25.3 Å². The van der Waals surface area contributed by atoms with Crippen LogP contribution in [0.3, 0.4) is 0 Å². The molecule has 0 heterocycles. The Labute approximate surface area is 133 Å². The minimum atomic E-state index is -0.521. The van der Waals surface area contributed by atoms with Crippen LogP contribution in [0, 0.1) is 10.1 Å². The number of nitrogens with one attached hydrogen (secondary N) is 2. The van der Waals surface area contributed by atoms with E-state index in [0.29, 0.717) is 23.8 Å². The molecule has 0 saturated carbocycles. The molecule has 1 rings (SSSR count). The first kappa shape index (κ1) is 17.8. The van der Waals surface area contributed by atoms with Crippen molar-refractivity contribution >= 4 is 28.9 Å². The van der Waals surface area contributed by atoms with Crippen molar-refractivity contribution < 1.29 is 14.5 Å². The van der Waals surface area contributed by atoms with E-state index in [1.54, 1.807) is 14.2 Å². The molecule has 2 N–H and O–H groups in total. The van der Waals surface area contributed by atoms with Crippen molar-refractivity contribution in [2.24, 2.45) is 0 Å². The molecule has 0 bridgehead atoms. The van der Waals surface area contributed by atoms with Crippen molar-refractivity contribution in [1.29, 1.82) is 0 Å². The maximum Gasteiger partial charge on any atom is 0.269 e. The number of nitro benzene ring substituents is 1. The Hall–Kier alpha value is -2.26. The minimum Gasteiger partial charge on any atom is -0.385 e. The van der Waals surface area contributed by atoms with Gasteiger partial charge in [0.25, 0.3) is 11.6 Å². The average molecular weight is 326 g/mol. The highest BCUT2D eigenvalue weighted by molar-refractivity contribution is 7.80. The predicted octanol–water partition coefficient (Wildman–Crippen LogP) is 1.08. The summed E-state index contributed by atoms with van der Waals surface area (Å²) in [5, 5.41) is 15.3. The maximum atomic E-state index is 12.0. The topological polar surface area (TPSA) is 96.7 Å². The van der Waals surface area contributed by atoms with E-state index in [4.69, 9.17) is 17.0 Å². The van der Waals surface area contributed by atoms with Crippen LogP contribution in [0.25, 0.3) is 0 Å². The van der Waals surface area contributed by atoms with Crippen LogP contribution in [0.4, 0.5) is 5.69 Å². The van der Waals surface area contributed by atoms with Gasteiger partial charge in [0.15, 0.2) is 5.11 Å². The van der Waals surface area contributed by atoms with E-state index >= 15 is 0 Å². The number of non-ortho nitro benzene ring substituents is 1. The van der Waals surface area contributed by atoms with Gasteiger partial charge < -0.3 is 10.1 Å². The molecule has 0 aliphatic heterocycles. The third-order valence-electron chi connectivity index (χ3n) is 2.72. The van der Waals surface area contributed by atoms with E-state index in [9.17, 15) is 14.9 Å². The van der Waals surface area contributed by atoms with Gasteiger partial charge in [0.05, 0.1) is 4.92 Å². The molecule has 0 spiro atoms. The molecule has 0 saturated heterocycles. The fourth-order valence-electron chi connectivity index (χ4n) is 1.53. The number of nitrogens with zero attached hydrogens (tertiary/aromatic N) is 2. The molecule has 8 nitrogen and oxygen atoms in total. The van der Waals surface area contributed by atoms with Crippen LogP contribution < -0.4 is 10.7 Å². The Morgan fingerprint density at radius 1 is 1.41 bits per heavy atom. The Kier molecular flexibility index (Phi) is 7.20. The van der Waals surface area contributed by atoms with Crippen molar-refractivity contribution in [3.63, 3.8) is 0 Å². The highest BCUT2D eigenvalue weighted by atomic mass is 32.1. The van der Waals surface area contributed by atoms with Gasteiger partial charge in [-0.1, -0.05) is 0 Å². The number of hydrogen-bond donors (Lipinski definition) is 2. The van der Waals surface area contributed by atoms with E-state index in [-0.39, 0.29) is 5.69 Å². The van der Waals surface area contributed by atoms with Gasteiger partial charge >= 0.3 is 0 Å². The molecule has 0 aromatic heterocycles. The Morgan fingerprint density at radius 2 is 2.05 bits per heavy atom. The quantitative estimate of drug-likeness (QED) is 0.349. The van der Waals surface area contributed by atoms with Gasteiger partial charge in [-0.25, -0.2) is 0 Å². The van der Waals surface area contributed by atoms with Crippen LogP contribution in [0.1, 0.15) is 16.8 Å². The highest BCUT2D eigenvalue weighted by Gasteiger charge is 2.12. The zero-order valence-electron chi connectivity index (χ0n) is 12.4. The van der Waals surface area contributed by atoms with E-state index < -0.39 is 10.8 Å². The lowest BCUT2D eigenvalue weighted by atomic mass is 10.2. The number of ether oxygens (including phenoxy) is 1. The lowest BCUT2D eigenvalue weighted by Gasteiger charge is -2.21. The maximum absolute atomic E-state index is 12.0. The van der Waals surface area contributed by atoms with E-state index in [2.05, 4.69) is 10.7 Å². The summed E-state index contributed by atoms with van der Waals surface area (Å²) in [5.41, 5.74) is 2.81. The highest BCUT2D eigenvalue weighted by Crippen LogP contribution is 2.11. The molecule has 120 valence electrons. The molecule has 0 aliphatic rings. The number of thiocarbonyl (C=S) groups is 1. The molecule has 1 amide bonds. The van der Waals surface area contributed by atoms with Crippen LogP contribution in [0.15, 0.2) is 24.3 Å². The van der Waals surface area contributed by atoms with Crippen molar-refractivity contribution in [1.82, 2.24) is 15.8 Å². The molecule has 0 fully saturated rings. The SMILES string of the molecule is COCCCNC(=S)N(C)NC(=O)c1ccc([N+](=O)[O-])cc1. The van der Waals surface area contributed by atoms with Gasteiger partial charge in [-0.2, -0.15) is 0 Å². The van der Waals surface area contributed by atoms with Crippen LogP contribution in [0.5, 0.6) is 0 Å². The predicted molar refractivity (Wildman–Crippen MR) is 85.4 cm³/mol. The fraction of sp³-hybridized carbons (Fsp3) is 0.385. The summed E-state index contributed by atoms with van der Waals surface area (Å²) in [6, 6.07) is 5.32. The summed E-state index contributed by atoms with van der Waals surface area (Å²) >= 11 is 5.12. The molecule has 9 heteroatoms. The van der Waals surface area contributed by atoms with E-state index in [0.717, 1.165) is 6.42 Å². The summed E-state index contributed by atoms with van der Waals surface area (Å²) < 4.78 is 4.92.